The maximum Gasteiger partial charge on any atom is 0.254 e. The number of aromatic nitrogens is 2. The van der Waals surface area contributed by atoms with E-state index in [4.69, 9.17) is 0 Å². The van der Waals surface area contributed by atoms with E-state index in [2.05, 4.69) is 25.5 Å². The first-order valence-electron chi connectivity index (χ1n) is 8.65. The van der Waals surface area contributed by atoms with Gasteiger partial charge in [0.2, 0.25) is 0 Å². The number of nitrogens with one attached hydrogen (secondary N) is 2. The Hall–Kier alpha value is -2.74. The van der Waals surface area contributed by atoms with Crippen LogP contribution < -0.4 is 15.5 Å². The number of anilines is 2. The van der Waals surface area contributed by atoms with Crippen LogP contribution in [0, 0.1) is 5.82 Å². The molecular formula is C18H22FN5O2. The summed E-state index contributed by atoms with van der Waals surface area (Å²) in [7, 11) is 0. The minimum absolute atomic E-state index is 0.0286. The molecule has 3 N–H and O–H groups in total. The molecule has 0 spiro atoms. The molecule has 26 heavy (non-hydrogen) atoms. The third-order valence-corrected chi connectivity index (χ3v) is 4.37. The van der Waals surface area contributed by atoms with Crippen molar-refractivity contribution in [1.29, 1.82) is 0 Å². The molecule has 1 aliphatic rings. The number of aliphatic hydroxyl groups excluding tert-OH is 1. The van der Waals surface area contributed by atoms with Gasteiger partial charge in [0.1, 0.15) is 23.8 Å². The summed E-state index contributed by atoms with van der Waals surface area (Å²) in [6.45, 7) is 1.74. The van der Waals surface area contributed by atoms with E-state index in [1.165, 1.54) is 18.5 Å². The van der Waals surface area contributed by atoms with Crippen molar-refractivity contribution in [3.63, 3.8) is 0 Å². The number of benzene rings is 1. The molecule has 0 aliphatic carbocycles. The second-order valence-corrected chi connectivity index (χ2v) is 6.10. The minimum Gasteiger partial charge on any atom is -0.394 e. The molecule has 1 aromatic carbocycles. The summed E-state index contributed by atoms with van der Waals surface area (Å²) in [6.07, 6.45) is 3.45. The van der Waals surface area contributed by atoms with Crippen LogP contribution in [0.2, 0.25) is 0 Å². The van der Waals surface area contributed by atoms with E-state index in [9.17, 15) is 14.3 Å². The van der Waals surface area contributed by atoms with Crippen LogP contribution in [0.4, 0.5) is 16.0 Å². The van der Waals surface area contributed by atoms with Crippen LogP contribution in [0.15, 0.2) is 36.7 Å². The van der Waals surface area contributed by atoms with E-state index >= 15 is 0 Å². The van der Waals surface area contributed by atoms with Crippen LogP contribution in [-0.2, 0) is 0 Å². The van der Waals surface area contributed by atoms with E-state index in [0.717, 1.165) is 25.2 Å². The Morgan fingerprint density at radius 1 is 1.31 bits per heavy atom. The van der Waals surface area contributed by atoms with Crippen LogP contribution in [0.5, 0.6) is 0 Å². The van der Waals surface area contributed by atoms with Crippen LogP contribution in [0.3, 0.4) is 0 Å². The molecule has 1 unspecified atom stereocenters. The number of hydrogen-bond acceptors (Lipinski definition) is 6. The Bertz CT molecular complexity index is 758. The number of halogens is 1. The van der Waals surface area contributed by atoms with Crippen molar-refractivity contribution in [1.82, 2.24) is 15.3 Å². The van der Waals surface area contributed by atoms with Crippen molar-refractivity contribution >= 4 is 17.5 Å². The first-order valence-corrected chi connectivity index (χ1v) is 8.65. The third kappa shape index (κ3) is 4.26. The molecule has 138 valence electrons. The maximum absolute atomic E-state index is 13.6. The molecule has 0 saturated carbocycles. The third-order valence-electron chi connectivity index (χ3n) is 4.37. The topological polar surface area (TPSA) is 90.4 Å². The average Bonchev–Trinajstić information content (AvgIpc) is 3.14. The van der Waals surface area contributed by atoms with Gasteiger partial charge < -0.3 is 20.6 Å². The van der Waals surface area contributed by atoms with Crippen molar-refractivity contribution in [2.45, 2.75) is 18.9 Å². The second kappa shape index (κ2) is 8.57. The number of aliphatic hydroxyl groups is 1. The number of amides is 1. The number of carbonyl (C=O) groups is 1. The van der Waals surface area contributed by atoms with Crippen LogP contribution >= 0.6 is 0 Å². The summed E-state index contributed by atoms with van der Waals surface area (Å²) < 4.78 is 13.6. The van der Waals surface area contributed by atoms with E-state index in [-0.39, 0.29) is 18.2 Å². The van der Waals surface area contributed by atoms with E-state index in [0.29, 0.717) is 18.9 Å². The summed E-state index contributed by atoms with van der Waals surface area (Å²) in [4.78, 5) is 22.5. The van der Waals surface area contributed by atoms with Gasteiger partial charge in [0.05, 0.1) is 18.2 Å². The quantitative estimate of drug-likeness (QED) is 0.648. The molecule has 1 amide bonds. The Labute approximate surface area is 151 Å². The molecule has 3 rings (SSSR count). The number of carbonyl (C=O) groups excluding carboxylic acids is 1. The van der Waals surface area contributed by atoms with Gasteiger partial charge in [-0.15, -0.1) is 0 Å². The molecule has 1 atom stereocenters. The maximum atomic E-state index is 13.6. The first kappa shape index (κ1) is 18.1. The lowest BCUT2D eigenvalue weighted by Gasteiger charge is -2.24. The SMILES string of the molecule is O=C(NCCNc1cc(N2CCCC2CO)ncn1)c1ccccc1F. The zero-order valence-electron chi connectivity index (χ0n) is 14.4. The van der Waals surface area contributed by atoms with E-state index in [1.54, 1.807) is 12.1 Å². The molecule has 0 bridgehead atoms. The fraction of sp³-hybridized carbons (Fsp3) is 0.389. The summed E-state index contributed by atoms with van der Waals surface area (Å²) in [5.41, 5.74) is 0.0286. The van der Waals surface area contributed by atoms with Gasteiger partial charge in [-0.25, -0.2) is 14.4 Å². The van der Waals surface area contributed by atoms with Crippen molar-refractivity contribution in [2.75, 3.05) is 36.5 Å². The van der Waals surface area contributed by atoms with Crippen LogP contribution in [-0.4, -0.2) is 53.3 Å². The molecule has 1 aliphatic heterocycles. The minimum atomic E-state index is -0.539. The number of nitrogens with zero attached hydrogens (tertiary/aromatic N) is 3. The molecule has 7 nitrogen and oxygen atoms in total. The molecular weight excluding hydrogens is 337 g/mol. The van der Waals surface area contributed by atoms with Gasteiger partial charge >= 0.3 is 0 Å². The summed E-state index contributed by atoms with van der Waals surface area (Å²) >= 11 is 0. The number of hydrogen-bond donors (Lipinski definition) is 3. The van der Waals surface area contributed by atoms with Gasteiger partial charge in [-0.1, -0.05) is 12.1 Å². The van der Waals surface area contributed by atoms with E-state index < -0.39 is 11.7 Å². The largest absolute Gasteiger partial charge is 0.394 e. The fourth-order valence-corrected chi connectivity index (χ4v) is 3.04. The van der Waals surface area contributed by atoms with Crippen molar-refractivity contribution in [3.8, 4) is 0 Å². The monoisotopic (exact) mass is 359 g/mol. The van der Waals surface area contributed by atoms with Crippen LogP contribution in [0.25, 0.3) is 0 Å². The zero-order chi connectivity index (χ0) is 18.4. The van der Waals surface area contributed by atoms with Crippen molar-refractivity contribution < 1.29 is 14.3 Å². The van der Waals surface area contributed by atoms with Gasteiger partial charge in [-0.3, -0.25) is 4.79 Å². The lowest BCUT2D eigenvalue weighted by atomic mass is 10.2. The molecule has 0 radical (unpaired) electrons. The predicted octanol–water partition coefficient (Wildman–Crippen LogP) is 1.42. The molecule has 8 heteroatoms. The highest BCUT2D eigenvalue weighted by molar-refractivity contribution is 5.94. The lowest BCUT2D eigenvalue weighted by molar-refractivity contribution is 0.0951. The standard InChI is InChI=1S/C18H22FN5O2/c19-15-6-2-1-5-14(15)18(26)21-8-7-20-16-10-17(23-12-22-16)24-9-3-4-13(24)11-25/h1-2,5-6,10,12-13,25H,3-4,7-9,11H2,(H,21,26)(H,20,22,23). The molecule has 2 aromatic rings. The van der Waals surface area contributed by atoms with Gasteiger partial charge in [-0.2, -0.15) is 0 Å². The Balaban J connectivity index is 1.50. The van der Waals surface area contributed by atoms with Gasteiger partial charge in [0, 0.05) is 25.7 Å². The highest BCUT2D eigenvalue weighted by Crippen LogP contribution is 2.24. The highest BCUT2D eigenvalue weighted by atomic mass is 19.1. The summed E-state index contributed by atoms with van der Waals surface area (Å²) in [5, 5.41) is 15.2. The highest BCUT2D eigenvalue weighted by Gasteiger charge is 2.25. The fourth-order valence-electron chi connectivity index (χ4n) is 3.04. The van der Waals surface area contributed by atoms with Crippen molar-refractivity contribution in [3.05, 3.63) is 48.0 Å². The molecule has 1 fully saturated rings. The van der Waals surface area contributed by atoms with Crippen LogP contribution in [0.1, 0.15) is 23.2 Å². The first-order chi connectivity index (χ1) is 12.7. The van der Waals surface area contributed by atoms with Gasteiger partial charge in [0.25, 0.3) is 5.91 Å². The smallest absolute Gasteiger partial charge is 0.254 e. The average molecular weight is 359 g/mol. The molecule has 1 aromatic heterocycles. The second-order valence-electron chi connectivity index (χ2n) is 6.10. The van der Waals surface area contributed by atoms with Gasteiger partial charge in [-0.05, 0) is 25.0 Å². The Morgan fingerprint density at radius 2 is 2.15 bits per heavy atom. The molecule has 1 saturated heterocycles. The van der Waals surface area contributed by atoms with E-state index in [1.807, 2.05) is 6.07 Å². The van der Waals surface area contributed by atoms with Gasteiger partial charge in [0.15, 0.2) is 0 Å². The number of rotatable bonds is 7. The lowest BCUT2D eigenvalue weighted by Crippen LogP contribution is -2.33. The predicted molar refractivity (Wildman–Crippen MR) is 96.7 cm³/mol. The Morgan fingerprint density at radius 3 is 2.96 bits per heavy atom. The summed E-state index contributed by atoms with van der Waals surface area (Å²) in [5.74, 6) is 0.423. The normalized spacial score (nSPS) is 16.5. The Kier molecular flexibility index (Phi) is 5.96. The zero-order valence-corrected chi connectivity index (χ0v) is 14.4. The molecule has 2 heterocycles. The van der Waals surface area contributed by atoms with Crippen molar-refractivity contribution in [2.24, 2.45) is 0 Å². The summed E-state index contributed by atoms with van der Waals surface area (Å²) in [6, 6.07) is 7.79.